The highest BCUT2D eigenvalue weighted by molar-refractivity contribution is 5.80. The standard InChI is InChI=1S/C11H22N2O3/c1-5-11(6-2,10(15)16)8-12-9(14)7-13(3)4/h5-8H2,1-4H3,(H,12,14)(H,15,16). The zero-order valence-electron chi connectivity index (χ0n) is 10.5. The topological polar surface area (TPSA) is 69.6 Å². The Morgan fingerprint density at radius 1 is 1.25 bits per heavy atom. The molecule has 0 unspecified atom stereocenters. The molecule has 0 radical (unpaired) electrons. The molecule has 0 saturated heterocycles. The summed E-state index contributed by atoms with van der Waals surface area (Å²) in [5, 5.41) is 11.8. The van der Waals surface area contributed by atoms with E-state index in [1.165, 1.54) is 0 Å². The Morgan fingerprint density at radius 2 is 1.75 bits per heavy atom. The minimum absolute atomic E-state index is 0.141. The molecule has 0 aromatic heterocycles. The van der Waals surface area contributed by atoms with E-state index in [9.17, 15) is 9.59 Å². The van der Waals surface area contributed by atoms with E-state index in [4.69, 9.17) is 5.11 Å². The van der Waals surface area contributed by atoms with E-state index in [0.29, 0.717) is 12.8 Å². The Kier molecular flexibility index (Phi) is 6.03. The third kappa shape index (κ3) is 4.18. The van der Waals surface area contributed by atoms with E-state index in [-0.39, 0.29) is 19.0 Å². The molecule has 2 N–H and O–H groups in total. The molecule has 0 bridgehead atoms. The largest absolute Gasteiger partial charge is 0.481 e. The van der Waals surface area contributed by atoms with Crippen LogP contribution in [0.3, 0.4) is 0 Å². The van der Waals surface area contributed by atoms with Gasteiger partial charge in [0.2, 0.25) is 5.91 Å². The van der Waals surface area contributed by atoms with Gasteiger partial charge in [-0.1, -0.05) is 13.8 Å². The van der Waals surface area contributed by atoms with Crippen molar-refractivity contribution in [3.63, 3.8) is 0 Å². The quantitative estimate of drug-likeness (QED) is 0.670. The molecule has 0 fully saturated rings. The lowest BCUT2D eigenvalue weighted by atomic mass is 9.82. The van der Waals surface area contributed by atoms with Crippen molar-refractivity contribution < 1.29 is 14.7 Å². The first-order valence-electron chi connectivity index (χ1n) is 5.52. The van der Waals surface area contributed by atoms with E-state index < -0.39 is 11.4 Å². The third-order valence-corrected chi connectivity index (χ3v) is 2.89. The number of carbonyl (C=O) groups is 2. The van der Waals surface area contributed by atoms with Gasteiger partial charge in [-0.15, -0.1) is 0 Å². The average molecular weight is 230 g/mol. The molecule has 0 heterocycles. The van der Waals surface area contributed by atoms with Gasteiger partial charge in [0.15, 0.2) is 0 Å². The molecule has 5 heteroatoms. The van der Waals surface area contributed by atoms with Crippen LogP contribution in [0.15, 0.2) is 0 Å². The number of amides is 1. The van der Waals surface area contributed by atoms with Crippen LogP contribution in [0.5, 0.6) is 0 Å². The normalized spacial score (nSPS) is 11.6. The van der Waals surface area contributed by atoms with Crippen LogP contribution in [-0.2, 0) is 9.59 Å². The number of carboxylic acids is 1. The second-order valence-corrected chi connectivity index (χ2v) is 4.31. The van der Waals surface area contributed by atoms with Gasteiger partial charge in [-0.25, -0.2) is 0 Å². The SMILES string of the molecule is CCC(CC)(CNC(=O)CN(C)C)C(=O)O. The molecule has 94 valence electrons. The van der Waals surface area contributed by atoms with Crippen molar-refractivity contribution in [2.45, 2.75) is 26.7 Å². The van der Waals surface area contributed by atoms with Crippen LogP contribution in [0, 0.1) is 5.41 Å². The van der Waals surface area contributed by atoms with Crippen LogP contribution in [0.4, 0.5) is 0 Å². The number of nitrogens with one attached hydrogen (secondary N) is 1. The second kappa shape index (κ2) is 6.48. The maximum Gasteiger partial charge on any atom is 0.311 e. The van der Waals surface area contributed by atoms with Gasteiger partial charge >= 0.3 is 5.97 Å². The zero-order valence-corrected chi connectivity index (χ0v) is 10.5. The Bertz CT molecular complexity index is 248. The molecule has 0 aromatic rings. The number of rotatable bonds is 7. The van der Waals surface area contributed by atoms with Gasteiger partial charge in [-0.3, -0.25) is 9.59 Å². The highest BCUT2D eigenvalue weighted by Gasteiger charge is 2.34. The van der Waals surface area contributed by atoms with Crippen molar-refractivity contribution in [2.75, 3.05) is 27.2 Å². The number of aliphatic carboxylic acids is 1. The fourth-order valence-electron chi connectivity index (χ4n) is 1.49. The van der Waals surface area contributed by atoms with E-state index in [1.807, 2.05) is 13.8 Å². The summed E-state index contributed by atoms with van der Waals surface area (Å²) in [4.78, 5) is 24.3. The number of carbonyl (C=O) groups excluding carboxylic acids is 1. The van der Waals surface area contributed by atoms with Crippen molar-refractivity contribution in [1.82, 2.24) is 10.2 Å². The fourth-order valence-corrected chi connectivity index (χ4v) is 1.49. The number of hydrogen-bond acceptors (Lipinski definition) is 3. The minimum Gasteiger partial charge on any atom is -0.481 e. The molecule has 0 saturated carbocycles. The lowest BCUT2D eigenvalue weighted by Crippen LogP contribution is -2.44. The second-order valence-electron chi connectivity index (χ2n) is 4.31. The van der Waals surface area contributed by atoms with E-state index in [0.717, 1.165) is 0 Å². The Labute approximate surface area is 96.8 Å². The van der Waals surface area contributed by atoms with Crippen molar-refractivity contribution in [3.05, 3.63) is 0 Å². The summed E-state index contributed by atoms with van der Waals surface area (Å²) in [6.45, 7) is 4.14. The molecule has 0 rings (SSSR count). The third-order valence-electron chi connectivity index (χ3n) is 2.89. The van der Waals surface area contributed by atoms with Gasteiger partial charge in [0, 0.05) is 6.54 Å². The first-order chi connectivity index (χ1) is 7.38. The summed E-state index contributed by atoms with van der Waals surface area (Å²) in [7, 11) is 3.59. The summed E-state index contributed by atoms with van der Waals surface area (Å²) in [5.74, 6) is -0.986. The lowest BCUT2D eigenvalue weighted by molar-refractivity contribution is -0.149. The molecule has 0 aliphatic carbocycles. The predicted octanol–water partition coefficient (Wildman–Crippen LogP) is 0.555. The number of carboxylic acid groups (broad SMARTS) is 1. The van der Waals surface area contributed by atoms with Crippen LogP contribution in [-0.4, -0.2) is 49.1 Å². The van der Waals surface area contributed by atoms with Crippen molar-refractivity contribution >= 4 is 11.9 Å². The summed E-state index contributed by atoms with van der Waals surface area (Å²) >= 11 is 0. The molecule has 16 heavy (non-hydrogen) atoms. The molecule has 0 spiro atoms. The first-order valence-corrected chi connectivity index (χ1v) is 5.52. The average Bonchev–Trinajstić information content (AvgIpc) is 2.18. The summed E-state index contributed by atoms with van der Waals surface area (Å²) in [6.07, 6.45) is 1.03. The Morgan fingerprint density at radius 3 is 2.06 bits per heavy atom. The molecular weight excluding hydrogens is 208 g/mol. The van der Waals surface area contributed by atoms with E-state index in [1.54, 1.807) is 19.0 Å². The zero-order chi connectivity index (χ0) is 12.8. The smallest absolute Gasteiger partial charge is 0.311 e. The highest BCUT2D eigenvalue weighted by Crippen LogP contribution is 2.25. The molecule has 0 aliphatic heterocycles. The van der Waals surface area contributed by atoms with Crippen LogP contribution in [0.25, 0.3) is 0 Å². The van der Waals surface area contributed by atoms with Crippen molar-refractivity contribution in [1.29, 1.82) is 0 Å². The summed E-state index contributed by atoms with van der Waals surface area (Å²) in [5.41, 5.74) is -0.831. The van der Waals surface area contributed by atoms with Crippen molar-refractivity contribution in [2.24, 2.45) is 5.41 Å². The molecule has 0 atom stereocenters. The van der Waals surface area contributed by atoms with Crippen LogP contribution < -0.4 is 5.32 Å². The van der Waals surface area contributed by atoms with Crippen LogP contribution in [0.2, 0.25) is 0 Å². The maximum atomic E-state index is 11.4. The number of likely N-dealkylation sites (N-methyl/N-ethyl adjacent to an activating group) is 1. The number of hydrogen-bond donors (Lipinski definition) is 2. The molecule has 0 aromatic carbocycles. The Hall–Kier alpha value is -1.10. The van der Waals surface area contributed by atoms with Gasteiger partial charge in [-0.05, 0) is 26.9 Å². The highest BCUT2D eigenvalue weighted by atomic mass is 16.4. The monoisotopic (exact) mass is 230 g/mol. The number of nitrogens with zero attached hydrogens (tertiary/aromatic N) is 1. The predicted molar refractivity (Wildman–Crippen MR) is 62.2 cm³/mol. The Balaban J connectivity index is 4.33. The lowest BCUT2D eigenvalue weighted by Gasteiger charge is -2.27. The van der Waals surface area contributed by atoms with Gasteiger partial charge in [-0.2, -0.15) is 0 Å². The van der Waals surface area contributed by atoms with Gasteiger partial charge < -0.3 is 15.3 Å². The summed E-state index contributed by atoms with van der Waals surface area (Å²) in [6, 6.07) is 0. The van der Waals surface area contributed by atoms with E-state index in [2.05, 4.69) is 5.32 Å². The molecular formula is C11H22N2O3. The van der Waals surface area contributed by atoms with Gasteiger partial charge in [0.25, 0.3) is 0 Å². The van der Waals surface area contributed by atoms with E-state index >= 15 is 0 Å². The molecule has 5 nitrogen and oxygen atoms in total. The van der Waals surface area contributed by atoms with Crippen LogP contribution >= 0.6 is 0 Å². The molecule has 1 amide bonds. The first kappa shape index (κ1) is 14.9. The maximum absolute atomic E-state index is 11.4. The van der Waals surface area contributed by atoms with Gasteiger partial charge in [0.05, 0.1) is 12.0 Å². The van der Waals surface area contributed by atoms with Gasteiger partial charge in [0.1, 0.15) is 0 Å². The fraction of sp³-hybridized carbons (Fsp3) is 0.818. The molecule has 0 aliphatic rings. The van der Waals surface area contributed by atoms with Crippen molar-refractivity contribution in [3.8, 4) is 0 Å². The van der Waals surface area contributed by atoms with Crippen LogP contribution in [0.1, 0.15) is 26.7 Å². The minimum atomic E-state index is -0.845. The summed E-state index contributed by atoms with van der Waals surface area (Å²) < 4.78 is 0.